The fourth-order valence-corrected chi connectivity index (χ4v) is 2.11. The first-order valence-corrected chi connectivity index (χ1v) is 7.67. The molecule has 106 valence electrons. The van der Waals surface area contributed by atoms with E-state index < -0.39 is 0 Å². The second kappa shape index (κ2) is 11.5. The van der Waals surface area contributed by atoms with Gasteiger partial charge in [0.05, 0.1) is 0 Å². The Morgan fingerprint density at radius 1 is 1.17 bits per heavy atom. The number of rotatable bonds is 10. The molecule has 0 aromatic heterocycles. The molecule has 0 rings (SSSR count). The van der Waals surface area contributed by atoms with Gasteiger partial charge in [0, 0.05) is 6.04 Å². The normalized spacial score (nSPS) is 14.9. The number of nitrogens with one attached hydrogen (secondary N) is 1. The largest absolute Gasteiger partial charge is 0.314 e. The van der Waals surface area contributed by atoms with Crippen LogP contribution < -0.4 is 5.32 Å². The van der Waals surface area contributed by atoms with Crippen LogP contribution in [0.4, 0.5) is 0 Å². The third-order valence-electron chi connectivity index (χ3n) is 3.47. The minimum atomic E-state index is 0.629. The van der Waals surface area contributed by atoms with Gasteiger partial charge in [-0.25, -0.2) is 0 Å². The van der Waals surface area contributed by atoms with E-state index in [2.05, 4.69) is 52.1 Å². The molecular weight excluding hydrogens is 218 g/mol. The summed E-state index contributed by atoms with van der Waals surface area (Å²) in [5.41, 5.74) is 3.13. The summed E-state index contributed by atoms with van der Waals surface area (Å²) in [5.74, 6) is 0. The lowest BCUT2D eigenvalue weighted by Crippen LogP contribution is -2.27. The standard InChI is InChI=1S/C17H33N/c1-6-9-17(10-7-2)13-14-18-16(5)12-11-15(4)8-3/h8-9,16,18H,6-7,10-14H2,1-5H3. The average Bonchev–Trinajstić information content (AvgIpc) is 2.36. The number of hydrogen-bond acceptors (Lipinski definition) is 1. The molecule has 1 unspecified atom stereocenters. The zero-order chi connectivity index (χ0) is 13.8. The van der Waals surface area contributed by atoms with Crippen LogP contribution in [-0.4, -0.2) is 12.6 Å². The van der Waals surface area contributed by atoms with Gasteiger partial charge in [-0.1, -0.05) is 43.6 Å². The van der Waals surface area contributed by atoms with E-state index in [1.807, 2.05) is 0 Å². The highest BCUT2D eigenvalue weighted by Crippen LogP contribution is 2.11. The molecule has 0 amide bonds. The SMILES string of the molecule is CC=C(C)CCC(C)NCCC(=CCC)CCC. The van der Waals surface area contributed by atoms with Gasteiger partial charge in [0.1, 0.15) is 0 Å². The molecule has 0 aromatic rings. The summed E-state index contributed by atoms with van der Waals surface area (Å²) in [6, 6.07) is 0.629. The van der Waals surface area contributed by atoms with Crippen molar-refractivity contribution in [3.05, 3.63) is 23.3 Å². The van der Waals surface area contributed by atoms with Gasteiger partial charge in [-0.2, -0.15) is 0 Å². The molecule has 0 heterocycles. The monoisotopic (exact) mass is 251 g/mol. The molecule has 0 aliphatic carbocycles. The molecule has 18 heavy (non-hydrogen) atoms. The molecule has 0 fully saturated rings. The third kappa shape index (κ3) is 9.47. The second-order valence-corrected chi connectivity index (χ2v) is 5.30. The van der Waals surface area contributed by atoms with Crippen molar-refractivity contribution in [1.82, 2.24) is 5.32 Å². The smallest absolute Gasteiger partial charge is 0.00419 e. The van der Waals surface area contributed by atoms with Crippen LogP contribution in [0.1, 0.15) is 73.1 Å². The first-order chi connectivity index (χ1) is 8.63. The van der Waals surface area contributed by atoms with E-state index >= 15 is 0 Å². The van der Waals surface area contributed by atoms with Crippen LogP contribution in [0, 0.1) is 0 Å². The van der Waals surface area contributed by atoms with E-state index in [-0.39, 0.29) is 0 Å². The van der Waals surface area contributed by atoms with E-state index in [4.69, 9.17) is 0 Å². The van der Waals surface area contributed by atoms with Crippen LogP contribution >= 0.6 is 0 Å². The van der Waals surface area contributed by atoms with Gasteiger partial charge >= 0.3 is 0 Å². The molecule has 0 saturated heterocycles. The predicted octanol–water partition coefficient (Wildman–Crippen LogP) is 5.24. The van der Waals surface area contributed by atoms with Gasteiger partial charge < -0.3 is 5.32 Å². The predicted molar refractivity (Wildman–Crippen MR) is 84.0 cm³/mol. The van der Waals surface area contributed by atoms with Crippen molar-refractivity contribution in [2.45, 2.75) is 79.2 Å². The van der Waals surface area contributed by atoms with Crippen LogP contribution in [0.5, 0.6) is 0 Å². The van der Waals surface area contributed by atoms with Crippen molar-refractivity contribution in [3.8, 4) is 0 Å². The van der Waals surface area contributed by atoms with Crippen molar-refractivity contribution in [1.29, 1.82) is 0 Å². The van der Waals surface area contributed by atoms with Crippen LogP contribution in [0.15, 0.2) is 23.3 Å². The molecule has 1 N–H and O–H groups in total. The lowest BCUT2D eigenvalue weighted by Gasteiger charge is -2.15. The van der Waals surface area contributed by atoms with E-state index in [1.54, 1.807) is 5.57 Å². The van der Waals surface area contributed by atoms with Crippen molar-refractivity contribution >= 4 is 0 Å². The summed E-state index contributed by atoms with van der Waals surface area (Å²) in [4.78, 5) is 0. The topological polar surface area (TPSA) is 12.0 Å². The van der Waals surface area contributed by atoms with Crippen LogP contribution in [0.3, 0.4) is 0 Å². The van der Waals surface area contributed by atoms with Gasteiger partial charge in [0.15, 0.2) is 0 Å². The Kier molecular flexibility index (Phi) is 11.2. The summed E-state index contributed by atoms with van der Waals surface area (Å²) in [6.45, 7) is 12.3. The van der Waals surface area contributed by atoms with Crippen LogP contribution in [0.2, 0.25) is 0 Å². The molecular formula is C17H33N. The summed E-state index contributed by atoms with van der Waals surface area (Å²) < 4.78 is 0. The van der Waals surface area contributed by atoms with E-state index in [0.717, 1.165) is 6.54 Å². The fourth-order valence-electron chi connectivity index (χ4n) is 2.11. The van der Waals surface area contributed by atoms with Crippen LogP contribution in [0.25, 0.3) is 0 Å². The number of hydrogen-bond donors (Lipinski definition) is 1. The first kappa shape index (κ1) is 17.4. The van der Waals surface area contributed by atoms with Crippen molar-refractivity contribution in [2.75, 3.05) is 6.54 Å². The summed E-state index contributed by atoms with van der Waals surface area (Å²) >= 11 is 0. The number of allylic oxidation sites excluding steroid dienone is 3. The maximum absolute atomic E-state index is 3.64. The van der Waals surface area contributed by atoms with Crippen molar-refractivity contribution < 1.29 is 0 Å². The Bertz CT molecular complexity index is 250. The molecule has 1 heteroatoms. The molecule has 0 bridgehead atoms. The summed E-state index contributed by atoms with van der Waals surface area (Å²) in [6.07, 6.45) is 12.0. The van der Waals surface area contributed by atoms with E-state index in [0.29, 0.717) is 6.04 Å². The Hall–Kier alpha value is -0.560. The Morgan fingerprint density at radius 3 is 2.44 bits per heavy atom. The van der Waals surface area contributed by atoms with Gasteiger partial charge in [-0.15, -0.1) is 0 Å². The lowest BCUT2D eigenvalue weighted by atomic mass is 10.0. The Morgan fingerprint density at radius 2 is 1.89 bits per heavy atom. The molecule has 0 radical (unpaired) electrons. The first-order valence-electron chi connectivity index (χ1n) is 7.67. The fraction of sp³-hybridized carbons (Fsp3) is 0.765. The molecule has 0 aliphatic heterocycles. The maximum Gasteiger partial charge on any atom is 0.00419 e. The quantitative estimate of drug-likeness (QED) is 0.524. The zero-order valence-electron chi connectivity index (χ0n) is 13.2. The Labute approximate surface area is 115 Å². The molecule has 1 nitrogen and oxygen atoms in total. The van der Waals surface area contributed by atoms with Crippen LogP contribution in [-0.2, 0) is 0 Å². The molecule has 0 spiro atoms. The highest BCUT2D eigenvalue weighted by Gasteiger charge is 2.02. The molecule has 0 aliphatic rings. The highest BCUT2D eigenvalue weighted by atomic mass is 14.9. The zero-order valence-corrected chi connectivity index (χ0v) is 13.2. The van der Waals surface area contributed by atoms with Crippen molar-refractivity contribution in [3.63, 3.8) is 0 Å². The van der Waals surface area contributed by atoms with Gasteiger partial charge in [-0.05, 0) is 59.4 Å². The van der Waals surface area contributed by atoms with Gasteiger partial charge in [-0.3, -0.25) is 0 Å². The minimum absolute atomic E-state index is 0.629. The Balaban J connectivity index is 3.77. The van der Waals surface area contributed by atoms with Crippen molar-refractivity contribution in [2.24, 2.45) is 0 Å². The lowest BCUT2D eigenvalue weighted by molar-refractivity contribution is 0.513. The van der Waals surface area contributed by atoms with Gasteiger partial charge in [0.2, 0.25) is 0 Å². The van der Waals surface area contributed by atoms with Gasteiger partial charge in [0.25, 0.3) is 0 Å². The highest BCUT2D eigenvalue weighted by molar-refractivity contribution is 5.02. The molecule has 0 saturated carbocycles. The summed E-state index contributed by atoms with van der Waals surface area (Å²) in [7, 11) is 0. The molecule has 0 aromatic carbocycles. The second-order valence-electron chi connectivity index (χ2n) is 5.30. The van der Waals surface area contributed by atoms with E-state index in [9.17, 15) is 0 Å². The molecule has 1 atom stereocenters. The minimum Gasteiger partial charge on any atom is -0.314 e. The third-order valence-corrected chi connectivity index (χ3v) is 3.47. The average molecular weight is 251 g/mol. The van der Waals surface area contributed by atoms with E-state index in [1.165, 1.54) is 44.1 Å². The maximum atomic E-state index is 3.64. The summed E-state index contributed by atoms with van der Waals surface area (Å²) in [5, 5.41) is 3.64.